The molecule has 0 aliphatic carbocycles. The van der Waals surface area contributed by atoms with E-state index in [2.05, 4.69) is 5.10 Å². The van der Waals surface area contributed by atoms with E-state index in [1.807, 2.05) is 12.1 Å². The predicted molar refractivity (Wildman–Crippen MR) is 96.4 cm³/mol. The topological polar surface area (TPSA) is 128 Å². The van der Waals surface area contributed by atoms with E-state index in [0.717, 1.165) is 5.56 Å². The van der Waals surface area contributed by atoms with Crippen LogP contribution in [0.3, 0.4) is 0 Å². The summed E-state index contributed by atoms with van der Waals surface area (Å²) in [5.41, 5.74) is 7.96. The summed E-state index contributed by atoms with van der Waals surface area (Å²) in [4.78, 5) is 0.00300. The fourth-order valence-corrected chi connectivity index (χ4v) is 2.95. The van der Waals surface area contributed by atoms with Crippen molar-refractivity contribution in [3.05, 3.63) is 65.3 Å². The van der Waals surface area contributed by atoms with Gasteiger partial charge in [0.05, 0.1) is 16.3 Å². The number of primary sulfonamides is 1. The van der Waals surface area contributed by atoms with Gasteiger partial charge in [-0.1, -0.05) is 23.7 Å². The third-order valence-electron chi connectivity index (χ3n) is 3.54. The average molecular weight is 376 g/mol. The van der Waals surface area contributed by atoms with Crippen LogP contribution in [0, 0.1) is 5.41 Å². The Morgan fingerprint density at radius 3 is 2.20 bits per heavy atom. The number of nitrogens with two attached hydrogens (primary N) is 2. The number of nitrogens with one attached hydrogen (secondary N) is 1. The van der Waals surface area contributed by atoms with Crippen LogP contribution in [0.1, 0.15) is 5.69 Å². The monoisotopic (exact) mass is 375 g/mol. The summed E-state index contributed by atoms with van der Waals surface area (Å²) >= 11 is 5.93. The molecule has 0 saturated carbocycles. The number of nitrogens with zero attached hydrogens (tertiary/aromatic N) is 2. The van der Waals surface area contributed by atoms with Crippen molar-refractivity contribution in [1.82, 2.24) is 9.78 Å². The van der Waals surface area contributed by atoms with E-state index in [9.17, 15) is 8.42 Å². The van der Waals surface area contributed by atoms with E-state index >= 15 is 0 Å². The van der Waals surface area contributed by atoms with Crippen molar-refractivity contribution in [3.8, 4) is 16.9 Å². The second-order valence-electron chi connectivity index (χ2n) is 5.29. The molecule has 1 heterocycles. The van der Waals surface area contributed by atoms with Gasteiger partial charge in [-0.05, 0) is 42.5 Å². The Bertz CT molecular complexity index is 1040. The lowest BCUT2D eigenvalue weighted by atomic mass is 10.1. The van der Waals surface area contributed by atoms with Crippen LogP contribution in [0.2, 0.25) is 5.02 Å². The number of hydrogen-bond acceptors (Lipinski definition) is 4. The molecule has 0 bridgehead atoms. The van der Waals surface area contributed by atoms with E-state index in [-0.39, 0.29) is 10.7 Å². The van der Waals surface area contributed by atoms with Crippen LogP contribution in [0.25, 0.3) is 16.9 Å². The summed E-state index contributed by atoms with van der Waals surface area (Å²) in [7, 11) is -3.78. The average Bonchev–Trinajstić information content (AvgIpc) is 3.00. The first-order valence-corrected chi connectivity index (χ1v) is 9.02. The Labute approximate surface area is 149 Å². The smallest absolute Gasteiger partial charge is 0.238 e. The van der Waals surface area contributed by atoms with Gasteiger partial charge >= 0.3 is 0 Å². The Morgan fingerprint density at radius 1 is 1.08 bits per heavy atom. The first kappa shape index (κ1) is 17.2. The minimum atomic E-state index is -3.78. The van der Waals surface area contributed by atoms with Crippen molar-refractivity contribution < 1.29 is 8.42 Å². The third kappa shape index (κ3) is 3.55. The summed E-state index contributed by atoms with van der Waals surface area (Å²) in [6.07, 6.45) is 0. The van der Waals surface area contributed by atoms with E-state index in [1.54, 1.807) is 35.0 Å². The Kier molecular flexibility index (Phi) is 4.34. The maximum atomic E-state index is 11.4. The molecule has 25 heavy (non-hydrogen) atoms. The zero-order chi connectivity index (χ0) is 18.2. The molecule has 5 N–H and O–H groups in total. The lowest BCUT2D eigenvalue weighted by Crippen LogP contribution is -2.13. The number of aromatic nitrogens is 2. The maximum absolute atomic E-state index is 11.4. The highest BCUT2D eigenvalue weighted by molar-refractivity contribution is 7.89. The minimum Gasteiger partial charge on any atom is -0.382 e. The number of hydrogen-bond donors (Lipinski definition) is 3. The zero-order valence-corrected chi connectivity index (χ0v) is 14.4. The standard InChI is InChI=1S/C16H14ClN5O2S/c17-11-3-1-10(2-4-11)15-9-14(16(18)19)21-22(15)12-5-7-13(8-6-12)25(20,23)24/h1-9H,(H3,18,19)(H2,20,23,24). The molecule has 0 aliphatic rings. The molecular formula is C16H14ClN5O2S. The van der Waals surface area contributed by atoms with Gasteiger partial charge in [0.1, 0.15) is 11.5 Å². The van der Waals surface area contributed by atoms with Crippen LogP contribution in [0.4, 0.5) is 0 Å². The summed E-state index contributed by atoms with van der Waals surface area (Å²) in [5, 5.41) is 17.6. The molecule has 0 fully saturated rings. The van der Waals surface area contributed by atoms with Crippen LogP contribution in [-0.2, 0) is 10.0 Å². The molecule has 0 radical (unpaired) electrons. The highest BCUT2D eigenvalue weighted by Gasteiger charge is 2.14. The summed E-state index contributed by atoms with van der Waals surface area (Å²) in [6, 6.07) is 14.7. The van der Waals surface area contributed by atoms with E-state index in [1.165, 1.54) is 12.1 Å². The predicted octanol–water partition coefficient (Wildman–Crippen LogP) is 2.12. The molecule has 0 spiro atoms. The third-order valence-corrected chi connectivity index (χ3v) is 4.72. The number of rotatable bonds is 4. The number of benzene rings is 2. The number of amidine groups is 1. The van der Waals surface area contributed by atoms with Gasteiger partial charge < -0.3 is 5.73 Å². The van der Waals surface area contributed by atoms with Crippen molar-refractivity contribution >= 4 is 27.5 Å². The molecule has 2 aromatic carbocycles. The van der Waals surface area contributed by atoms with Gasteiger partial charge in [0.2, 0.25) is 10.0 Å². The highest BCUT2D eigenvalue weighted by Crippen LogP contribution is 2.26. The van der Waals surface area contributed by atoms with Crippen molar-refractivity contribution in [2.45, 2.75) is 4.90 Å². The molecule has 3 rings (SSSR count). The Hall–Kier alpha value is -2.68. The van der Waals surface area contributed by atoms with E-state index < -0.39 is 10.0 Å². The molecule has 0 amide bonds. The Balaban J connectivity index is 2.14. The quantitative estimate of drug-likeness (QED) is 0.476. The fraction of sp³-hybridized carbons (Fsp3) is 0. The maximum Gasteiger partial charge on any atom is 0.238 e. The van der Waals surface area contributed by atoms with Gasteiger partial charge in [-0.2, -0.15) is 5.10 Å². The minimum absolute atomic E-state index is 0.00300. The summed E-state index contributed by atoms with van der Waals surface area (Å²) in [6.45, 7) is 0. The van der Waals surface area contributed by atoms with Crippen molar-refractivity contribution in [3.63, 3.8) is 0 Å². The van der Waals surface area contributed by atoms with Gasteiger partial charge in [-0.3, -0.25) is 5.41 Å². The molecule has 0 unspecified atom stereocenters. The SMILES string of the molecule is N=C(N)c1cc(-c2ccc(Cl)cc2)n(-c2ccc(S(N)(=O)=O)cc2)n1. The van der Waals surface area contributed by atoms with Crippen molar-refractivity contribution in [2.24, 2.45) is 10.9 Å². The molecule has 0 atom stereocenters. The normalized spacial score (nSPS) is 11.4. The molecular weight excluding hydrogens is 362 g/mol. The van der Waals surface area contributed by atoms with Crippen molar-refractivity contribution in [2.75, 3.05) is 0 Å². The lowest BCUT2D eigenvalue weighted by molar-refractivity contribution is 0.598. The molecule has 7 nitrogen and oxygen atoms in total. The van der Waals surface area contributed by atoms with Crippen LogP contribution in [0.15, 0.2) is 59.5 Å². The van der Waals surface area contributed by atoms with Gasteiger partial charge in [0, 0.05) is 10.6 Å². The summed E-state index contributed by atoms with van der Waals surface area (Å²) < 4.78 is 24.4. The van der Waals surface area contributed by atoms with E-state index in [4.69, 9.17) is 27.9 Å². The molecule has 9 heteroatoms. The molecule has 0 saturated heterocycles. The number of nitrogen functional groups attached to an aromatic ring is 1. The van der Waals surface area contributed by atoms with Crippen molar-refractivity contribution in [1.29, 1.82) is 5.41 Å². The zero-order valence-electron chi connectivity index (χ0n) is 12.8. The first-order valence-electron chi connectivity index (χ1n) is 7.09. The first-order chi connectivity index (χ1) is 11.8. The molecule has 128 valence electrons. The van der Waals surface area contributed by atoms with Gasteiger partial charge in [-0.25, -0.2) is 18.2 Å². The molecule has 0 aliphatic heterocycles. The van der Waals surface area contributed by atoms with Crippen LogP contribution >= 0.6 is 11.6 Å². The fourth-order valence-electron chi connectivity index (χ4n) is 2.31. The number of halogens is 1. The second kappa shape index (κ2) is 6.32. The Morgan fingerprint density at radius 2 is 1.68 bits per heavy atom. The lowest BCUT2D eigenvalue weighted by Gasteiger charge is -2.08. The highest BCUT2D eigenvalue weighted by atomic mass is 35.5. The van der Waals surface area contributed by atoms with Gasteiger partial charge in [-0.15, -0.1) is 0 Å². The van der Waals surface area contributed by atoms with Crippen LogP contribution in [0.5, 0.6) is 0 Å². The van der Waals surface area contributed by atoms with Crippen LogP contribution < -0.4 is 10.9 Å². The molecule has 3 aromatic rings. The largest absolute Gasteiger partial charge is 0.382 e. The van der Waals surface area contributed by atoms with Gasteiger partial charge in [0.25, 0.3) is 0 Å². The second-order valence-corrected chi connectivity index (χ2v) is 7.28. The van der Waals surface area contributed by atoms with Gasteiger partial charge in [0.15, 0.2) is 0 Å². The summed E-state index contributed by atoms with van der Waals surface area (Å²) in [5.74, 6) is -0.171. The van der Waals surface area contributed by atoms with E-state index in [0.29, 0.717) is 22.1 Å². The number of sulfonamides is 1. The molecule has 1 aromatic heterocycles. The van der Waals surface area contributed by atoms with Crippen LogP contribution in [-0.4, -0.2) is 24.0 Å².